The first-order valence-corrected chi connectivity index (χ1v) is 10.6. The third-order valence-electron chi connectivity index (χ3n) is 5.41. The van der Waals surface area contributed by atoms with Crippen LogP contribution in [0.1, 0.15) is 39.0 Å². The standard InChI is InChI=1S/C22H32N4O4/c1-21(2)13-26(14-22(3,4)30-21)18-17-7-9-29-19(17)25-20(24-18)23-11-15(12-27)10-16-6-5-8-28-16/h5-6,8,15,27H,7,9-14H2,1-4H3,(H,23,24,25). The van der Waals surface area contributed by atoms with Crippen molar-refractivity contribution in [2.75, 3.05) is 43.1 Å². The first kappa shape index (κ1) is 20.9. The topological polar surface area (TPSA) is 92.9 Å². The lowest BCUT2D eigenvalue weighted by Crippen LogP contribution is -2.57. The van der Waals surface area contributed by atoms with E-state index in [1.165, 1.54) is 0 Å². The third kappa shape index (κ3) is 4.70. The van der Waals surface area contributed by atoms with Crippen LogP contribution >= 0.6 is 0 Å². The number of nitrogens with one attached hydrogen (secondary N) is 1. The molecule has 164 valence electrons. The average Bonchev–Trinajstić information content (AvgIpc) is 3.33. The van der Waals surface area contributed by atoms with Gasteiger partial charge in [0.15, 0.2) is 0 Å². The number of ether oxygens (including phenoxy) is 2. The lowest BCUT2D eigenvalue weighted by atomic mass is 9.98. The van der Waals surface area contributed by atoms with Crippen LogP contribution in [0.15, 0.2) is 22.8 Å². The highest BCUT2D eigenvalue weighted by Gasteiger charge is 2.40. The maximum absolute atomic E-state index is 9.76. The van der Waals surface area contributed by atoms with Crippen molar-refractivity contribution in [3.05, 3.63) is 29.7 Å². The number of aromatic nitrogens is 2. The van der Waals surface area contributed by atoms with Crippen LogP contribution in [0.2, 0.25) is 0 Å². The number of anilines is 2. The molecule has 0 amide bonds. The van der Waals surface area contributed by atoms with Gasteiger partial charge in [-0.05, 0) is 39.8 Å². The van der Waals surface area contributed by atoms with E-state index in [0.717, 1.165) is 36.7 Å². The fourth-order valence-corrected chi connectivity index (χ4v) is 4.47. The van der Waals surface area contributed by atoms with Gasteiger partial charge in [-0.25, -0.2) is 0 Å². The first-order valence-electron chi connectivity index (χ1n) is 10.6. The zero-order chi connectivity index (χ0) is 21.4. The summed E-state index contributed by atoms with van der Waals surface area (Å²) in [6, 6.07) is 3.78. The minimum absolute atomic E-state index is 0.00127. The lowest BCUT2D eigenvalue weighted by Gasteiger charge is -2.47. The smallest absolute Gasteiger partial charge is 0.227 e. The number of fused-ring (bicyclic) bond motifs is 1. The van der Waals surface area contributed by atoms with E-state index in [1.54, 1.807) is 6.26 Å². The average molecular weight is 417 g/mol. The molecule has 8 heteroatoms. The van der Waals surface area contributed by atoms with E-state index in [4.69, 9.17) is 18.9 Å². The van der Waals surface area contributed by atoms with E-state index < -0.39 is 0 Å². The SMILES string of the molecule is CC1(C)CN(c2nc(NCC(CO)Cc3ccco3)nc3c2CCO3)CC(C)(C)O1. The van der Waals surface area contributed by atoms with Crippen LogP contribution < -0.4 is 15.0 Å². The van der Waals surface area contributed by atoms with Crippen molar-refractivity contribution in [1.82, 2.24) is 9.97 Å². The summed E-state index contributed by atoms with van der Waals surface area (Å²) in [5, 5.41) is 13.1. The van der Waals surface area contributed by atoms with Crippen molar-refractivity contribution in [3.8, 4) is 5.88 Å². The van der Waals surface area contributed by atoms with E-state index in [-0.39, 0.29) is 23.7 Å². The summed E-state index contributed by atoms with van der Waals surface area (Å²) in [7, 11) is 0. The van der Waals surface area contributed by atoms with Gasteiger partial charge in [0.1, 0.15) is 11.6 Å². The molecule has 8 nitrogen and oxygen atoms in total. The molecule has 4 rings (SSSR count). The number of morpholine rings is 1. The van der Waals surface area contributed by atoms with Crippen molar-refractivity contribution in [2.45, 2.75) is 51.7 Å². The van der Waals surface area contributed by atoms with Gasteiger partial charge in [-0.15, -0.1) is 0 Å². The summed E-state index contributed by atoms with van der Waals surface area (Å²) < 4.78 is 17.4. The summed E-state index contributed by atoms with van der Waals surface area (Å²) in [6.07, 6.45) is 3.10. The van der Waals surface area contributed by atoms with Crippen LogP contribution in [-0.4, -0.2) is 59.1 Å². The van der Waals surface area contributed by atoms with Gasteiger partial charge in [-0.2, -0.15) is 9.97 Å². The van der Waals surface area contributed by atoms with Crippen molar-refractivity contribution in [1.29, 1.82) is 0 Å². The maximum Gasteiger partial charge on any atom is 0.227 e. The molecule has 2 N–H and O–H groups in total. The number of aliphatic hydroxyl groups is 1. The number of hydrogen-bond acceptors (Lipinski definition) is 8. The zero-order valence-electron chi connectivity index (χ0n) is 18.3. The number of furan rings is 1. The molecule has 0 radical (unpaired) electrons. The highest BCUT2D eigenvalue weighted by molar-refractivity contribution is 5.57. The van der Waals surface area contributed by atoms with Gasteiger partial charge in [-0.1, -0.05) is 0 Å². The zero-order valence-corrected chi connectivity index (χ0v) is 18.3. The molecule has 1 atom stereocenters. The summed E-state index contributed by atoms with van der Waals surface area (Å²) >= 11 is 0. The second-order valence-electron chi connectivity index (χ2n) is 9.44. The molecular weight excluding hydrogens is 384 g/mol. The monoisotopic (exact) mass is 416 g/mol. The molecule has 0 aliphatic carbocycles. The van der Waals surface area contributed by atoms with E-state index in [9.17, 15) is 5.11 Å². The molecule has 0 spiro atoms. The van der Waals surface area contributed by atoms with Gasteiger partial charge in [-0.3, -0.25) is 0 Å². The Bertz CT molecular complexity index is 850. The van der Waals surface area contributed by atoms with Gasteiger partial charge in [0.05, 0.1) is 29.6 Å². The second-order valence-corrected chi connectivity index (χ2v) is 9.44. The number of rotatable bonds is 7. The minimum atomic E-state index is -0.280. The molecule has 0 aromatic carbocycles. The predicted octanol–water partition coefficient (Wildman–Crippen LogP) is 2.66. The predicted molar refractivity (Wildman–Crippen MR) is 114 cm³/mol. The Balaban J connectivity index is 1.54. The van der Waals surface area contributed by atoms with Crippen LogP contribution in [0, 0.1) is 5.92 Å². The Morgan fingerprint density at radius 3 is 2.63 bits per heavy atom. The van der Waals surface area contributed by atoms with Crippen LogP contribution in [0.3, 0.4) is 0 Å². The number of nitrogens with zero attached hydrogens (tertiary/aromatic N) is 3. The van der Waals surface area contributed by atoms with E-state index in [1.807, 2.05) is 12.1 Å². The first-order chi connectivity index (χ1) is 14.2. The molecule has 0 bridgehead atoms. The van der Waals surface area contributed by atoms with Crippen LogP contribution in [0.5, 0.6) is 5.88 Å². The van der Waals surface area contributed by atoms with E-state index in [2.05, 4.69) is 42.9 Å². The Kier molecular flexibility index (Phi) is 5.63. The van der Waals surface area contributed by atoms with Crippen LogP contribution in [0.4, 0.5) is 11.8 Å². The summed E-state index contributed by atoms with van der Waals surface area (Å²) in [5.74, 6) is 2.93. The summed E-state index contributed by atoms with van der Waals surface area (Å²) in [6.45, 7) is 11.1. The molecule has 2 aromatic heterocycles. The Morgan fingerprint density at radius 2 is 1.97 bits per heavy atom. The van der Waals surface area contributed by atoms with Gasteiger partial charge in [0.2, 0.25) is 11.8 Å². The molecule has 0 saturated carbocycles. The van der Waals surface area contributed by atoms with E-state index >= 15 is 0 Å². The van der Waals surface area contributed by atoms with E-state index in [0.29, 0.717) is 31.4 Å². The summed E-state index contributed by atoms with van der Waals surface area (Å²) in [5.41, 5.74) is 0.498. The fraction of sp³-hybridized carbons (Fsp3) is 0.636. The quantitative estimate of drug-likeness (QED) is 0.712. The third-order valence-corrected chi connectivity index (χ3v) is 5.41. The molecule has 2 aliphatic heterocycles. The second kappa shape index (κ2) is 8.07. The van der Waals surface area contributed by atoms with Crippen LogP contribution in [0.25, 0.3) is 0 Å². The van der Waals surface area contributed by atoms with Crippen molar-refractivity contribution in [2.24, 2.45) is 5.92 Å². The van der Waals surface area contributed by atoms with Gasteiger partial charge >= 0.3 is 0 Å². The molecule has 1 saturated heterocycles. The number of hydrogen-bond donors (Lipinski definition) is 2. The van der Waals surface area contributed by atoms with Crippen LogP contribution in [-0.2, 0) is 17.6 Å². The molecule has 30 heavy (non-hydrogen) atoms. The lowest BCUT2D eigenvalue weighted by molar-refractivity contribution is -0.133. The van der Waals surface area contributed by atoms with Gasteiger partial charge in [0, 0.05) is 45.0 Å². The number of aliphatic hydroxyl groups excluding tert-OH is 1. The van der Waals surface area contributed by atoms with Crippen molar-refractivity contribution in [3.63, 3.8) is 0 Å². The highest BCUT2D eigenvalue weighted by atomic mass is 16.5. The Morgan fingerprint density at radius 1 is 1.20 bits per heavy atom. The normalized spacial score (nSPS) is 20.5. The highest BCUT2D eigenvalue weighted by Crippen LogP contribution is 2.37. The molecular formula is C22H32N4O4. The van der Waals surface area contributed by atoms with Crippen molar-refractivity contribution < 1.29 is 19.0 Å². The maximum atomic E-state index is 9.76. The summed E-state index contributed by atoms with van der Waals surface area (Å²) in [4.78, 5) is 11.7. The molecule has 1 unspecified atom stereocenters. The van der Waals surface area contributed by atoms with Gasteiger partial charge in [0.25, 0.3) is 0 Å². The fourth-order valence-electron chi connectivity index (χ4n) is 4.47. The molecule has 1 fully saturated rings. The Hall–Kier alpha value is -2.32. The van der Waals surface area contributed by atoms with Crippen molar-refractivity contribution >= 4 is 11.8 Å². The minimum Gasteiger partial charge on any atom is -0.477 e. The Labute approximate surface area is 177 Å². The molecule has 2 aromatic rings. The van der Waals surface area contributed by atoms with Gasteiger partial charge < -0.3 is 29.2 Å². The molecule has 4 heterocycles. The molecule has 2 aliphatic rings. The largest absolute Gasteiger partial charge is 0.477 e.